The summed E-state index contributed by atoms with van der Waals surface area (Å²) >= 11 is 0. The van der Waals surface area contributed by atoms with Crippen molar-refractivity contribution in [1.29, 1.82) is 0 Å². The summed E-state index contributed by atoms with van der Waals surface area (Å²) in [7, 11) is 0. The van der Waals surface area contributed by atoms with Gasteiger partial charge in [-0.2, -0.15) is 5.10 Å². The molecule has 0 N–H and O–H groups in total. The number of piperazine rings is 1. The van der Waals surface area contributed by atoms with Crippen LogP contribution in [-0.2, 0) is 4.79 Å². The smallest absolute Gasteiger partial charge is 0.246 e. The second-order valence-corrected chi connectivity index (χ2v) is 9.28. The molecule has 1 aliphatic heterocycles. The molecule has 0 spiro atoms. The van der Waals surface area contributed by atoms with Gasteiger partial charge in [-0.3, -0.25) is 4.79 Å². The van der Waals surface area contributed by atoms with Crippen LogP contribution in [-0.4, -0.2) is 56.7 Å². The van der Waals surface area contributed by atoms with Gasteiger partial charge in [0, 0.05) is 38.2 Å². The van der Waals surface area contributed by atoms with Crippen molar-refractivity contribution < 1.29 is 4.79 Å². The first-order valence-corrected chi connectivity index (χ1v) is 12.7. The zero-order valence-corrected chi connectivity index (χ0v) is 20.9. The number of fused-ring (bicyclic) bond motifs is 1. The molecule has 0 bridgehead atoms. The maximum absolute atomic E-state index is 12.8. The van der Waals surface area contributed by atoms with E-state index in [-0.39, 0.29) is 11.8 Å². The highest BCUT2D eigenvalue weighted by molar-refractivity contribution is 5.92. The molecule has 1 unspecified atom stereocenters. The van der Waals surface area contributed by atoms with E-state index in [2.05, 4.69) is 23.8 Å². The van der Waals surface area contributed by atoms with Crippen LogP contribution in [0.4, 0.5) is 5.82 Å². The van der Waals surface area contributed by atoms with Gasteiger partial charge >= 0.3 is 0 Å². The number of benzene rings is 2. The summed E-state index contributed by atoms with van der Waals surface area (Å²) in [6, 6.07) is 20.0. The highest BCUT2D eigenvalue weighted by Crippen LogP contribution is 2.29. The van der Waals surface area contributed by atoms with Crippen LogP contribution >= 0.6 is 0 Å². The van der Waals surface area contributed by atoms with Gasteiger partial charge < -0.3 is 9.80 Å². The number of rotatable bonds is 7. The zero-order valence-electron chi connectivity index (χ0n) is 20.9. The molecule has 4 aromatic rings. The fourth-order valence-corrected chi connectivity index (χ4v) is 4.67. The Morgan fingerprint density at radius 3 is 2.36 bits per heavy atom. The zero-order chi connectivity index (χ0) is 24.9. The van der Waals surface area contributed by atoms with Crippen LogP contribution in [0.15, 0.2) is 72.9 Å². The molecule has 1 fully saturated rings. The van der Waals surface area contributed by atoms with Crippen molar-refractivity contribution in [2.45, 2.75) is 32.6 Å². The summed E-state index contributed by atoms with van der Waals surface area (Å²) in [5.41, 5.74) is 2.83. The lowest BCUT2D eigenvalue weighted by Gasteiger charge is -2.35. The van der Waals surface area contributed by atoms with Crippen LogP contribution in [0.5, 0.6) is 0 Å². The second kappa shape index (κ2) is 10.7. The van der Waals surface area contributed by atoms with E-state index < -0.39 is 0 Å². The molecular formula is C29H32N6O. The van der Waals surface area contributed by atoms with Crippen LogP contribution < -0.4 is 4.90 Å². The molecule has 1 saturated heterocycles. The summed E-state index contributed by atoms with van der Waals surface area (Å²) in [5, 5.41) is 5.62. The summed E-state index contributed by atoms with van der Waals surface area (Å²) in [6.07, 6.45) is 7.52. The maximum Gasteiger partial charge on any atom is 0.246 e. The average molecular weight is 481 g/mol. The average Bonchev–Trinajstić information content (AvgIpc) is 3.37. The molecule has 0 saturated carbocycles. The number of hydrogen-bond acceptors (Lipinski definition) is 5. The summed E-state index contributed by atoms with van der Waals surface area (Å²) in [6.45, 7) is 7.11. The molecule has 0 aliphatic carbocycles. The fourth-order valence-electron chi connectivity index (χ4n) is 4.67. The lowest BCUT2D eigenvalue weighted by Crippen LogP contribution is -2.48. The molecule has 5 rings (SSSR count). The first-order valence-electron chi connectivity index (χ1n) is 12.7. The summed E-state index contributed by atoms with van der Waals surface area (Å²) in [4.78, 5) is 27.0. The molecular weight excluding hydrogens is 448 g/mol. The van der Waals surface area contributed by atoms with Crippen molar-refractivity contribution >= 4 is 28.8 Å². The lowest BCUT2D eigenvalue weighted by molar-refractivity contribution is -0.126. The van der Waals surface area contributed by atoms with E-state index >= 15 is 0 Å². The lowest BCUT2D eigenvalue weighted by atomic mass is 10.1. The number of carbonyl (C=O) groups is 1. The first-order chi connectivity index (χ1) is 17.6. The number of aromatic nitrogens is 4. The Morgan fingerprint density at radius 1 is 0.972 bits per heavy atom. The Balaban J connectivity index is 1.40. The first kappa shape index (κ1) is 23.7. The van der Waals surface area contributed by atoms with Crippen molar-refractivity contribution in [1.82, 2.24) is 24.6 Å². The predicted octanol–water partition coefficient (Wildman–Crippen LogP) is 5.08. The van der Waals surface area contributed by atoms with E-state index in [1.165, 1.54) is 0 Å². The summed E-state index contributed by atoms with van der Waals surface area (Å²) in [5.74, 6) is 2.05. The highest BCUT2D eigenvalue weighted by Gasteiger charge is 2.25. The number of amides is 1. The molecule has 184 valence electrons. The van der Waals surface area contributed by atoms with Gasteiger partial charge in [-0.25, -0.2) is 14.6 Å². The third-order valence-corrected chi connectivity index (χ3v) is 6.70. The largest absolute Gasteiger partial charge is 0.352 e. The molecule has 1 atom stereocenters. The van der Waals surface area contributed by atoms with E-state index in [0.717, 1.165) is 59.9 Å². The van der Waals surface area contributed by atoms with Gasteiger partial charge in [0.1, 0.15) is 11.6 Å². The molecule has 36 heavy (non-hydrogen) atoms. The van der Waals surface area contributed by atoms with Gasteiger partial charge in [-0.15, -0.1) is 0 Å². The molecule has 7 heteroatoms. The standard InChI is InChI=1S/C29H32N6O/c1-3-10-22(2)27-31-28(25-21-30-35(29(25)32-27)24-13-8-5-9-14-24)34-19-17-33(18-20-34)26(36)16-15-23-11-6-4-7-12-23/h4-9,11-16,21-22H,3,10,17-20H2,1-2H3/b16-15+. The Morgan fingerprint density at radius 2 is 1.67 bits per heavy atom. The minimum absolute atomic E-state index is 0.0421. The molecule has 1 aliphatic rings. The minimum atomic E-state index is 0.0421. The molecule has 3 heterocycles. The Labute approximate surface area is 212 Å². The Hall–Kier alpha value is -4.00. The van der Waals surface area contributed by atoms with Crippen LogP contribution in [0.1, 0.15) is 44.0 Å². The van der Waals surface area contributed by atoms with Gasteiger partial charge in [-0.05, 0) is 30.2 Å². The normalized spacial score (nSPS) is 15.1. The van der Waals surface area contributed by atoms with Gasteiger partial charge in [0.15, 0.2) is 5.65 Å². The predicted molar refractivity (Wildman–Crippen MR) is 144 cm³/mol. The molecule has 0 radical (unpaired) electrons. The summed E-state index contributed by atoms with van der Waals surface area (Å²) < 4.78 is 1.90. The molecule has 2 aromatic carbocycles. The Kier molecular flexibility index (Phi) is 7.07. The number of hydrogen-bond donors (Lipinski definition) is 0. The topological polar surface area (TPSA) is 67.2 Å². The van der Waals surface area contributed by atoms with Crippen molar-refractivity contribution in [3.63, 3.8) is 0 Å². The monoisotopic (exact) mass is 480 g/mol. The van der Waals surface area contributed by atoms with E-state index in [4.69, 9.17) is 9.97 Å². The van der Waals surface area contributed by atoms with E-state index in [1.807, 2.05) is 82.5 Å². The third-order valence-electron chi connectivity index (χ3n) is 6.70. The van der Waals surface area contributed by atoms with E-state index in [1.54, 1.807) is 6.08 Å². The van der Waals surface area contributed by atoms with Crippen LogP contribution in [0.25, 0.3) is 22.8 Å². The SMILES string of the molecule is CCCC(C)c1nc(N2CCN(C(=O)/C=C/c3ccccc3)CC2)c2cnn(-c3ccccc3)c2n1. The van der Waals surface area contributed by atoms with Gasteiger partial charge in [0.05, 0.1) is 17.3 Å². The van der Waals surface area contributed by atoms with Gasteiger partial charge in [-0.1, -0.05) is 68.8 Å². The number of nitrogens with zero attached hydrogens (tertiary/aromatic N) is 6. The highest BCUT2D eigenvalue weighted by atomic mass is 16.2. The third kappa shape index (κ3) is 5.00. The number of para-hydroxylation sites is 1. The van der Waals surface area contributed by atoms with Crippen molar-refractivity contribution in [2.75, 3.05) is 31.1 Å². The van der Waals surface area contributed by atoms with Gasteiger partial charge in [0.25, 0.3) is 0 Å². The number of carbonyl (C=O) groups excluding carboxylic acids is 1. The molecule has 7 nitrogen and oxygen atoms in total. The van der Waals surface area contributed by atoms with Crippen molar-refractivity contribution in [3.8, 4) is 5.69 Å². The minimum Gasteiger partial charge on any atom is -0.352 e. The number of anilines is 1. The van der Waals surface area contributed by atoms with E-state index in [0.29, 0.717) is 13.1 Å². The molecule has 1 amide bonds. The van der Waals surface area contributed by atoms with Gasteiger partial charge in [0.2, 0.25) is 5.91 Å². The fraction of sp³-hybridized carbons (Fsp3) is 0.310. The van der Waals surface area contributed by atoms with Crippen LogP contribution in [0, 0.1) is 0 Å². The van der Waals surface area contributed by atoms with Crippen molar-refractivity contribution in [3.05, 3.63) is 84.3 Å². The van der Waals surface area contributed by atoms with Crippen LogP contribution in [0.2, 0.25) is 0 Å². The van der Waals surface area contributed by atoms with Crippen LogP contribution in [0.3, 0.4) is 0 Å². The van der Waals surface area contributed by atoms with E-state index in [9.17, 15) is 4.79 Å². The Bertz CT molecular complexity index is 1340. The maximum atomic E-state index is 12.8. The second-order valence-electron chi connectivity index (χ2n) is 9.28. The molecule has 2 aromatic heterocycles. The quantitative estimate of drug-likeness (QED) is 0.345. The van der Waals surface area contributed by atoms with Crippen molar-refractivity contribution in [2.24, 2.45) is 0 Å².